The van der Waals surface area contributed by atoms with Crippen molar-refractivity contribution >= 4 is 33.3 Å². The summed E-state index contributed by atoms with van der Waals surface area (Å²) in [5.41, 5.74) is 3.45. The maximum atomic E-state index is 9.38. The second kappa shape index (κ2) is 6.97. The molecule has 0 N–H and O–H groups in total. The maximum absolute atomic E-state index is 9.38. The predicted octanol–water partition coefficient (Wildman–Crippen LogP) is 4.24. The van der Waals surface area contributed by atoms with Crippen LogP contribution in [0.1, 0.15) is 42.2 Å². The van der Waals surface area contributed by atoms with E-state index in [4.69, 9.17) is 9.72 Å². The first-order chi connectivity index (χ1) is 13.7. The van der Waals surface area contributed by atoms with Gasteiger partial charge in [0.05, 0.1) is 46.4 Å². The van der Waals surface area contributed by atoms with Gasteiger partial charge in [0.2, 0.25) is 0 Å². The molecular weight excluding hydrogens is 370 g/mol. The zero-order valence-electron chi connectivity index (χ0n) is 15.5. The average Bonchev–Trinajstić information content (AvgIpc) is 3.35. The number of thiazole rings is 1. The van der Waals surface area contributed by atoms with Crippen molar-refractivity contribution in [3.63, 3.8) is 0 Å². The first-order valence-electron chi connectivity index (χ1n) is 9.42. The normalized spacial score (nSPS) is 19.9. The molecule has 7 heteroatoms. The minimum absolute atomic E-state index is 0.215. The topological polar surface area (TPSA) is 76.6 Å². The number of hydrogen-bond acceptors (Lipinski definition) is 6. The summed E-state index contributed by atoms with van der Waals surface area (Å²) in [6.45, 7) is 2.87. The Morgan fingerprint density at radius 2 is 2.25 bits per heavy atom. The first-order valence-corrected chi connectivity index (χ1v) is 10.3. The van der Waals surface area contributed by atoms with Gasteiger partial charge < -0.3 is 9.30 Å². The number of ether oxygens (including phenoxy) is 1. The highest BCUT2D eigenvalue weighted by molar-refractivity contribution is 7.09. The molecule has 0 amide bonds. The highest BCUT2D eigenvalue weighted by Gasteiger charge is 2.26. The SMILES string of the molecule is C[C@@H]1C[C@H](n2c(Cc3nccs3)nc3cnc4ccc(C#N)cc4c32)CCO1. The van der Waals surface area contributed by atoms with Crippen molar-refractivity contribution in [1.82, 2.24) is 19.5 Å². The Labute approximate surface area is 166 Å². The molecule has 1 aliphatic heterocycles. The Morgan fingerprint density at radius 3 is 3.04 bits per heavy atom. The predicted molar refractivity (Wildman–Crippen MR) is 108 cm³/mol. The van der Waals surface area contributed by atoms with E-state index in [9.17, 15) is 5.26 Å². The lowest BCUT2D eigenvalue weighted by Gasteiger charge is -2.30. The molecule has 5 rings (SSSR count). The summed E-state index contributed by atoms with van der Waals surface area (Å²) in [6.07, 6.45) is 6.47. The van der Waals surface area contributed by atoms with Crippen molar-refractivity contribution in [3.8, 4) is 6.07 Å². The molecule has 1 aliphatic rings. The van der Waals surface area contributed by atoms with Crippen molar-refractivity contribution < 1.29 is 4.74 Å². The zero-order valence-corrected chi connectivity index (χ0v) is 16.3. The van der Waals surface area contributed by atoms with Crippen LogP contribution in [0.5, 0.6) is 0 Å². The van der Waals surface area contributed by atoms with Crippen LogP contribution in [-0.4, -0.2) is 32.2 Å². The molecule has 0 bridgehead atoms. The van der Waals surface area contributed by atoms with E-state index in [-0.39, 0.29) is 6.10 Å². The summed E-state index contributed by atoms with van der Waals surface area (Å²) in [7, 11) is 0. The molecule has 2 atom stereocenters. The molecule has 4 aromatic rings. The van der Waals surface area contributed by atoms with Gasteiger partial charge in [-0.2, -0.15) is 5.26 Å². The summed E-state index contributed by atoms with van der Waals surface area (Å²) in [4.78, 5) is 14.0. The van der Waals surface area contributed by atoms with Crippen LogP contribution < -0.4 is 0 Å². The summed E-state index contributed by atoms with van der Waals surface area (Å²) in [5.74, 6) is 1.00. The van der Waals surface area contributed by atoms with Crippen molar-refractivity contribution in [3.05, 3.63) is 52.4 Å². The van der Waals surface area contributed by atoms with Gasteiger partial charge >= 0.3 is 0 Å². The lowest BCUT2D eigenvalue weighted by Crippen LogP contribution is -2.26. The summed E-state index contributed by atoms with van der Waals surface area (Å²) in [6, 6.07) is 8.21. The summed E-state index contributed by atoms with van der Waals surface area (Å²) >= 11 is 1.65. The fourth-order valence-corrected chi connectivity index (χ4v) is 4.71. The minimum atomic E-state index is 0.215. The molecule has 4 heterocycles. The Morgan fingerprint density at radius 1 is 1.32 bits per heavy atom. The second-order valence-corrected chi connectivity index (χ2v) is 8.18. The van der Waals surface area contributed by atoms with Crippen LogP contribution in [0.2, 0.25) is 0 Å². The van der Waals surface area contributed by atoms with Crippen LogP contribution in [0.3, 0.4) is 0 Å². The lowest BCUT2D eigenvalue weighted by atomic mass is 10.0. The molecule has 3 aromatic heterocycles. The average molecular weight is 389 g/mol. The van der Waals surface area contributed by atoms with Crippen LogP contribution in [0, 0.1) is 11.3 Å². The molecule has 0 unspecified atom stereocenters. The van der Waals surface area contributed by atoms with Gasteiger partial charge in [0.25, 0.3) is 0 Å². The monoisotopic (exact) mass is 389 g/mol. The molecule has 1 fully saturated rings. The lowest BCUT2D eigenvalue weighted by molar-refractivity contribution is 0.00631. The van der Waals surface area contributed by atoms with Gasteiger partial charge in [0.1, 0.15) is 11.3 Å². The van der Waals surface area contributed by atoms with Gasteiger partial charge in [-0.1, -0.05) is 0 Å². The largest absolute Gasteiger partial charge is 0.378 e. The number of aromatic nitrogens is 4. The van der Waals surface area contributed by atoms with Gasteiger partial charge in [-0.25, -0.2) is 9.97 Å². The number of hydrogen-bond donors (Lipinski definition) is 0. The Hall–Kier alpha value is -2.82. The van der Waals surface area contributed by atoms with E-state index in [1.165, 1.54) is 0 Å². The highest BCUT2D eigenvalue weighted by atomic mass is 32.1. The third kappa shape index (κ3) is 2.95. The zero-order chi connectivity index (χ0) is 19.1. The van der Waals surface area contributed by atoms with E-state index in [1.54, 1.807) is 11.3 Å². The van der Waals surface area contributed by atoms with Gasteiger partial charge in [-0.15, -0.1) is 11.3 Å². The molecular formula is C21H19N5OS. The van der Waals surface area contributed by atoms with Crippen molar-refractivity contribution in [2.45, 2.75) is 38.3 Å². The maximum Gasteiger partial charge on any atom is 0.117 e. The van der Waals surface area contributed by atoms with Crippen molar-refractivity contribution in [2.24, 2.45) is 0 Å². The van der Waals surface area contributed by atoms with Crippen LogP contribution in [0.15, 0.2) is 36.0 Å². The molecule has 28 heavy (non-hydrogen) atoms. The van der Waals surface area contributed by atoms with Crippen LogP contribution >= 0.6 is 11.3 Å². The Balaban J connectivity index is 1.77. The number of imidazole rings is 1. The van der Waals surface area contributed by atoms with E-state index < -0.39 is 0 Å². The smallest absolute Gasteiger partial charge is 0.117 e. The molecule has 0 saturated carbocycles. The fraction of sp³-hybridized carbons (Fsp3) is 0.333. The van der Waals surface area contributed by atoms with Crippen LogP contribution in [0.4, 0.5) is 0 Å². The van der Waals surface area contributed by atoms with Gasteiger partial charge in [-0.05, 0) is 38.0 Å². The number of nitriles is 1. The molecule has 6 nitrogen and oxygen atoms in total. The molecule has 1 saturated heterocycles. The number of benzene rings is 1. The molecule has 0 aliphatic carbocycles. The van der Waals surface area contributed by atoms with Gasteiger partial charge in [0.15, 0.2) is 0 Å². The molecule has 0 spiro atoms. The van der Waals surface area contributed by atoms with E-state index >= 15 is 0 Å². The summed E-state index contributed by atoms with van der Waals surface area (Å²) < 4.78 is 8.15. The van der Waals surface area contributed by atoms with E-state index in [2.05, 4.69) is 27.5 Å². The fourth-order valence-electron chi connectivity index (χ4n) is 4.10. The minimum Gasteiger partial charge on any atom is -0.378 e. The molecule has 0 radical (unpaired) electrons. The number of pyridine rings is 1. The quantitative estimate of drug-likeness (QED) is 0.524. The third-order valence-corrected chi connectivity index (χ3v) is 6.11. The van der Waals surface area contributed by atoms with E-state index in [0.29, 0.717) is 18.0 Å². The number of fused-ring (bicyclic) bond motifs is 3. The van der Waals surface area contributed by atoms with E-state index in [1.807, 2.05) is 36.0 Å². The second-order valence-electron chi connectivity index (χ2n) is 7.20. The van der Waals surface area contributed by atoms with Gasteiger partial charge in [0, 0.05) is 29.6 Å². The number of nitrogens with zero attached hydrogens (tertiary/aromatic N) is 5. The highest BCUT2D eigenvalue weighted by Crippen LogP contribution is 2.34. The molecule has 140 valence electrons. The first kappa shape index (κ1) is 17.3. The van der Waals surface area contributed by atoms with Crippen LogP contribution in [0.25, 0.3) is 21.9 Å². The Bertz CT molecular complexity index is 1190. The van der Waals surface area contributed by atoms with Gasteiger partial charge in [-0.3, -0.25) is 4.98 Å². The molecule has 1 aromatic carbocycles. The Kier molecular flexibility index (Phi) is 4.30. The van der Waals surface area contributed by atoms with Crippen molar-refractivity contribution in [2.75, 3.05) is 6.61 Å². The standard InChI is InChI=1S/C21H19N5OS/c1-13-8-15(4-6-27-13)26-19(10-20-23-5-7-28-20)25-18-12-24-17-3-2-14(11-22)9-16(17)21(18)26/h2-3,5,7,9,12-13,15H,4,6,8,10H2,1H3/t13-,15-/m1/s1. The number of rotatable bonds is 3. The van der Waals surface area contributed by atoms with Crippen LogP contribution in [-0.2, 0) is 11.2 Å². The third-order valence-electron chi connectivity index (χ3n) is 5.33. The summed E-state index contributed by atoms with van der Waals surface area (Å²) in [5, 5.41) is 13.4. The van der Waals surface area contributed by atoms with Crippen molar-refractivity contribution in [1.29, 1.82) is 5.26 Å². The van der Waals surface area contributed by atoms with E-state index in [0.717, 1.165) is 52.2 Å².